The van der Waals surface area contributed by atoms with Crippen LogP contribution in [0.25, 0.3) is 16.9 Å². The van der Waals surface area contributed by atoms with Crippen LogP contribution in [-0.4, -0.2) is 53.2 Å². The maximum Gasteiger partial charge on any atom is 0.276 e. The van der Waals surface area contributed by atoms with Gasteiger partial charge in [0.2, 0.25) is 0 Å². The van der Waals surface area contributed by atoms with Gasteiger partial charge in [-0.15, -0.1) is 0 Å². The van der Waals surface area contributed by atoms with Gasteiger partial charge in [-0.3, -0.25) is 4.79 Å². The molecule has 1 aromatic carbocycles. The van der Waals surface area contributed by atoms with E-state index in [1.807, 2.05) is 48.0 Å². The van der Waals surface area contributed by atoms with Crippen molar-refractivity contribution in [2.45, 2.75) is 11.8 Å². The van der Waals surface area contributed by atoms with E-state index < -0.39 is 15.7 Å². The molecule has 0 unspecified atom stereocenters. The van der Waals surface area contributed by atoms with Crippen LogP contribution in [-0.2, 0) is 9.84 Å². The van der Waals surface area contributed by atoms with E-state index in [0.717, 1.165) is 34.9 Å². The van der Waals surface area contributed by atoms with Crippen LogP contribution in [0.2, 0.25) is 0 Å². The summed E-state index contributed by atoms with van der Waals surface area (Å²) in [6, 6.07) is 12.5. The third-order valence-corrected chi connectivity index (χ3v) is 6.13. The molecule has 0 aliphatic rings. The minimum Gasteiger partial charge on any atom is -0.395 e. The lowest BCUT2D eigenvalue weighted by molar-refractivity contribution is 0.102. The highest BCUT2D eigenvalue weighted by Gasteiger charge is 2.18. The second kappa shape index (κ2) is 9.00. The van der Waals surface area contributed by atoms with Crippen LogP contribution < -0.4 is 10.6 Å². The first kappa shape index (κ1) is 22.4. The molecule has 33 heavy (non-hydrogen) atoms. The summed E-state index contributed by atoms with van der Waals surface area (Å²) in [4.78, 5) is 21.5. The number of aromatic nitrogens is 3. The van der Waals surface area contributed by atoms with Gasteiger partial charge in [0.25, 0.3) is 5.91 Å². The Morgan fingerprint density at radius 3 is 2.61 bits per heavy atom. The lowest BCUT2D eigenvalue weighted by Gasteiger charge is -2.12. The van der Waals surface area contributed by atoms with E-state index in [9.17, 15) is 13.2 Å². The van der Waals surface area contributed by atoms with Crippen molar-refractivity contribution in [3.8, 4) is 11.3 Å². The summed E-state index contributed by atoms with van der Waals surface area (Å²) in [7, 11) is -3.50. The SMILES string of the molecule is Cc1cccn2cc(-c3ccc(NC(=O)c4ncc(S(C)(=O)=O)cc4NCCO)cc3)nc12. The number of nitrogens with zero attached hydrogens (tertiary/aromatic N) is 3. The molecular weight excluding hydrogens is 442 g/mol. The second-order valence-corrected chi connectivity index (χ2v) is 9.59. The van der Waals surface area contributed by atoms with E-state index in [2.05, 4.69) is 20.6 Å². The number of pyridine rings is 2. The molecule has 9 nitrogen and oxygen atoms in total. The van der Waals surface area contributed by atoms with E-state index in [1.165, 1.54) is 6.07 Å². The molecule has 1 amide bonds. The first-order chi connectivity index (χ1) is 15.8. The number of rotatable bonds is 7. The van der Waals surface area contributed by atoms with Gasteiger partial charge in [-0.1, -0.05) is 18.2 Å². The zero-order chi connectivity index (χ0) is 23.6. The Labute approximate surface area is 191 Å². The average Bonchev–Trinajstić information content (AvgIpc) is 3.23. The highest BCUT2D eigenvalue weighted by atomic mass is 32.2. The summed E-state index contributed by atoms with van der Waals surface area (Å²) in [5, 5.41) is 14.7. The predicted molar refractivity (Wildman–Crippen MR) is 126 cm³/mol. The van der Waals surface area contributed by atoms with Crippen molar-refractivity contribution in [3.63, 3.8) is 0 Å². The maximum atomic E-state index is 12.8. The lowest BCUT2D eigenvalue weighted by atomic mass is 10.1. The minimum atomic E-state index is -3.50. The molecule has 10 heteroatoms. The molecule has 0 aliphatic carbocycles. The average molecular weight is 466 g/mol. The maximum absolute atomic E-state index is 12.8. The number of aliphatic hydroxyl groups excluding tert-OH is 1. The van der Waals surface area contributed by atoms with Crippen molar-refractivity contribution in [3.05, 3.63) is 72.3 Å². The molecule has 0 saturated heterocycles. The Balaban J connectivity index is 1.56. The van der Waals surface area contributed by atoms with E-state index in [-0.39, 0.29) is 29.4 Å². The van der Waals surface area contributed by atoms with Crippen LogP contribution in [0.15, 0.2) is 66.0 Å². The Morgan fingerprint density at radius 2 is 1.94 bits per heavy atom. The third kappa shape index (κ3) is 4.86. The number of aliphatic hydroxyl groups is 1. The number of imidazole rings is 1. The number of sulfone groups is 1. The largest absolute Gasteiger partial charge is 0.395 e. The van der Waals surface area contributed by atoms with Gasteiger partial charge < -0.3 is 20.1 Å². The zero-order valence-electron chi connectivity index (χ0n) is 18.1. The third-order valence-electron chi connectivity index (χ3n) is 5.05. The number of amides is 1. The second-order valence-electron chi connectivity index (χ2n) is 7.57. The first-order valence-electron chi connectivity index (χ1n) is 10.2. The summed E-state index contributed by atoms with van der Waals surface area (Å²) in [6.07, 6.45) is 6.09. The van der Waals surface area contributed by atoms with Crippen LogP contribution in [0.3, 0.4) is 0 Å². The summed E-state index contributed by atoms with van der Waals surface area (Å²) in [5.74, 6) is -0.508. The lowest BCUT2D eigenvalue weighted by Crippen LogP contribution is -2.18. The standard InChI is InChI=1S/C23H23N5O4S/c1-15-4-3-10-28-14-20(27-22(15)28)16-5-7-17(8-6-16)26-23(30)21-19(24-9-11-29)12-18(13-25-21)33(2,31)32/h3-8,10,12-14,24,29H,9,11H2,1-2H3,(H,26,30). The Kier molecular flexibility index (Phi) is 6.12. The number of carbonyl (C=O) groups excluding carboxylic acids is 1. The van der Waals surface area contributed by atoms with Gasteiger partial charge in [-0.25, -0.2) is 18.4 Å². The molecule has 0 aliphatic heterocycles. The number of anilines is 2. The number of fused-ring (bicyclic) bond motifs is 1. The summed E-state index contributed by atoms with van der Waals surface area (Å²) < 4.78 is 25.6. The van der Waals surface area contributed by atoms with Gasteiger partial charge in [0.1, 0.15) is 5.65 Å². The van der Waals surface area contributed by atoms with E-state index in [0.29, 0.717) is 5.69 Å². The Morgan fingerprint density at radius 1 is 1.18 bits per heavy atom. The van der Waals surface area contributed by atoms with Gasteiger partial charge in [0.05, 0.1) is 22.9 Å². The van der Waals surface area contributed by atoms with Crippen molar-refractivity contribution in [1.82, 2.24) is 14.4 Å². The molecule has 0 atom stereocenters. The van der Waals surface area contributed by atoms with Crippen molar-refractivity contribution in [1.29, 1.82) is 0 Å². The van der Waals surface area contributed by atoms with Crippen molar-refractivity contribution >= 4 is 32.8 Å². The topological polar surface area (TPSA) is 126 Å². The molecule has 3 N–H and O–H groups in total. The number of carbonyl (C=O) groups is 1. The number of aryl methyl sites for hydroxylation is 1. The number of hydrogen-bond donors (Lipinski definition) is 3. The molecule has 0 radical (unpaired) electrons. The molecule has 0 spiro atoms. The minimum absolute atomic E-state index is 0.0217. The normalized spacial score (nSPS) is 11.5. The van der Waals surface area contributed by atoms with E-state index in [4.69, 9.17) is 5.11 Å². The smallest absolute Gasteiger partial charge is 0.276 e. The fourth-order valence-electron chi connectivity index (χ4n) is 3.36. The monoisotopic (exact) mass is 465 g/mol. The molecule has 170 valence electrons. The Bertz CT molecular complexity index is 1430. The van der Waals surface area contributed by atoms with Gasteiger partial charge in [0.15, 0.2) is 15.5 Å². The van der Waals surface area contributed by atoms with E-state index in [1.54, 1.807) is 12.1 Å². The molecular formula is C23H23N5O4S. The molecule has 3 aromatic heterocycles. The molecule has 0 saturated carbocycles. The van der Waals surface area contributed by atoms with Gasteiger partial charge in [-0.2, -0.15) is 0 Å². The summed E-state index contributed by atoms with van der Waals surface area (Å²) in [6.45, 7) is 1.96. The highest BCUT2D eigenvalue weighted by molar-refractivity contribution is 7.90. The quantitative estimate of drug-likeness (QED) is 0.383. The van der Waals surface area contributed by atoms with Crippen LogP contribution in [0.1, 0.15) is 16.1 Å². The first-order valence-corrected chi connectivity index (χ1v) is 12.1. The van der Waals surface area contributed by atoms with E-state index >= 15 is 0 Å². The van der Waals surface area contributed by atoms with Gasteiger partial charge >= 0.3 is 0 Å². The van der Waals surface area contributed by atoms with Crippen LogP contribution in [0, 0.1) is 6.92 Å². The van der Waals surface area contributed by atoms with Crippen molar-refractivity contribution < 1.29 is 18.3 Å². The molecule has 0 fully saturated rings. The van der Waals surface area contributed by atoms with Crippen molar-refractivity contribution in [2.24, 2.45) is 0 Å². The zero-order valence-corrected chi connectivity index (χ0v) is 18.9. The van der Waals surface area contributed by atoms with Gasteiger partial charge in [0, 0.05) is 42.6 Å². The fourth-order valence-corrected chi connectivity index (χ4v) is 3.94. The molecule has 0 bridgehead atoms. The Hall–Kier alpha value is -3.76. The molecule has 3 heterocycles. The summed E-state index contributed by atoms with van der Waals surface area (Å²) in [5.41, 5.74) is 4.47. The predicted octanol–water partition coefficient (Wildman–Crippen LogP) is 2.76. The molecule has 4 rings (SSSR count). The highest BCUT2D eigenvalue weighted by Crippen LogP contribution is 2.24. The fraction of sp³-hybridized carbons (Fsp3) is 0.174. The molecule has 4 aromatic rings. The van der Waals surface area contributed by atoms with Crippen LogP contribution >= 0.6 is 0 Å². The van der Waals surface area contributed by atoms with Crippen molar-refractivity contribution in [2.75, 3.05) is 30.0 Å². The number of benzene rings is 1. The van der Waals surface area contributed by atoms with Gasteiger partial charge in [-0.05, 0) is 36.8 Å². The van der Waals surface area contributed by atoms with Crippen LogP contribution in [0.4, 0.5) is 11.4 Å². The number of hydrogen-bond acceptors (Lipinski definition) is 7. The number of nitrogens with one attached hydrogen (secondary N) is 2. The summed E-state index contributed by atoms with van der Waals surface area (Å²) >= 11 is 0. The van der Waals surface area contributed by atoms with Crippen LogP contribution in [0.5, 0.6) is 0 Å².